The predicted molar refractivity (Wildman–Crippen MR) is 445 cm³/mol. The zero-order chi connectivity index (χ0) is 76.9. The summed E-state index contributed by atoms with van der Waals surface area (Å²) in [6.45, 7) is 15.8. The van der Waals surface area contributed by atoms with Gasteiger partial charge in [-0.25, -0.2) is 22.0 Å². The number of nitrogen functional groups attached to an aromatic ring is 1. The van der Waals surface area contributed by atoms with Gasteiger partial charge in [0.25, 0.3) is 0 Å². The van der Waals surface area contributed by atoms with E-state index in [4.69, 9.17) is 87.1 Å². The summed E-state index contributed by atoms with van der Waals surface area (Å²) in [7, 11) is 0. The number of alkyl halides is 1. The highest BCUT2D eigenvalue weighted by molar-refractivity contribution is 14.1. The van der Waals surface area contributed by atoms with Gasteiger partial charge < -0.3 is 31.3 Å². The van der Waals surface area contributed by atoms with Gasteiger partial charge in [-0.15, -0.1) is 18.0 Å². The smallest absolute Gasteiger partial charge is 0.239 e. The number of halogens is 14. The minimum atomic E-state index is -0.523. The molecule has 0 unspecified atom stereocenters. The maximum atomic E-state index is 12.6. The molecule has 0 aliphatic carbocycles. The number of nitrogens with one attached hydrogen (secondary N) is 3. The van der Waals surface area contributed by atoms with E-state index >= 15 is 0 Å². The van der Waals surface area contributed by atoms with Crippen LogP contribution in [-0.4, -0.2) is 40.1 Å². The third-order valence-electron chi connectivity index (χ3n) is 13.1. The monoisotopic (exact) mass is 1870 g/mol. The molecule has 9 aromatic carbocycles. The number of carbonyl (C=O) groups excluding carboxylic acids is 3. The van der Waals surface area contributed by atoms with Crippen LogP contribution in [0.5, 0.6) is 5.75 Å². The van der Waals surface area contributed by atoms with E-state index in [2.05, 4.69) is 129 Å². The van der Waals surface area contributed by atoms with Crippen LogP contribution in [-0.2, 0) is 27.4 Å². The van der Waals surface area contributed by atoms with Crippen molar-refractivity contribution in [3.05, 3.63) is 305 Å². The molecule has 25 heteroatoms. The Bertz CT molecular complexity index is 4360. The maximum absolute atomic E-state index is 12.6. The predicted octanol–water partition coefficient (Wildman–Crippen LogP) is 24.5. The standard InChI is InChI=1S/C13H13NO.C12H11ClN2O.C8H8BrNS.C8H9Br.C8H6Cl2FNO.C8H7ClFNO.C7H6ClF.2C7H6FI/c1-4-10-6-5-7-11(8-10)14-9-13(2,3)12(14)15;13-11-7-9(14)4-5-12(11)16-8-10-3-1-2-6-15-10;1-6(11)10-8-4-2-3-7(9)5-8;1-2-7-4-3-5-8(9)6-7;9-4-8(13)12-5-1-2-7(11)6(10)3-5;1-5(12)11-6-2-3-8(10)7(9)4-6;1-5-2-3-7(9)6(8)4-5;2*1-5-2-3-6(9)4-7(5)8/h1,5-8H,9H2,2-3H3;1-7H,8,14H2;2-5H,1H3,(H,10,11);3-6H,2H2,1H3;1-3H,4H2,(H,12,13);2-4H,1H3,(H,11,12);3*2-4H,1H3. The largest absolute Gasteiger partial charge is 0.486 e. The number of hydrogen-bond donors (Lipinski definition) is 4. The molecule has 1 aromatic heterocycles. The lowest BCUT2D eigenvalue weighted by molar-refractivity contribution is -0.132. The number of hydrogen-bond acceptors (Lipinski definition) is 7. The SMILES string of the molecule is C#Cc1cccc(N2CC(C)(C)C2=O)c1.CC(=O)Nc1ccc(F)c(Cl)c1.CC(=S)Nc1cccc(Br)c1.CCc1cccc(Br)c1.Cc1ccc(F)c(Cl)c1.Cc1ccc(I)cc1F.Cc1ccc(I)cc1F.Nc1ccc(OCc2ccccn2)c(Cl)c1.O=C(CCl)Nc1ccc(F)c(Cl)c1. The number of pyridine rings is 1. The van der Waals surface area contributed by atoms with Crippen molar-refractivity contribution in [2.24, 2.45) is 5.41 Å². The molecule has 1 aliphatic rings. The van der Waals surface area contributed by atoms with Crippen molar-refractivity contribution in [2.45, 2.75) is 68.4 Å². The number of ether oxygens (including phenoxy) is 1. The number of thiocarbonyl (C=S) groups is 1. The summed E-state index contributed by atoms with van der Waals surface area (Å²) in [6.07, 6.45) is 8.15. The minimum Gasteiger partial charge on any atom is -0.486 e. The second kappa shape index (κ2) is 47.5. The van der Waals surface area contributed by atoms with Gasteiger partial charge in [-0.1, -0.05) is 152 Å². The highest BCUT2D eigenvalue weighted by Crippen LogP contribution is 2.35. The first-order valence-electron chi connectivity index (χ1n) is 30.7. The van der Waals surface area contributed by atoms with E-state index in [-0.39, 0.29) is 61.5 Å². The van der Waals surface area contributed by atoms with Crippen LogP contribution in [0.4, 0.5) is 50.4 Å². The number of anilines is 5. The molecule has 542 valence electrons. The summed E-state index contributed by atoms with van der Waals surface area (Å²) < 4.78 is 72.4. The lowest BCUT2D eigenvalue weighted by Gasteiger charge is -2.44. The van der Waals surface area contributed by atoms with Gasteiger partial charge in [-0.3, -0.25) is 19.4 Å². The molecule has 3 amide bonds. The molecular formula is C78H72Br2Cl5F5I2N6O4S. The number of β-lactam (4-membered cyclic amide) rings is 1. The van der Waals surface area contributed by atoms with Crippen LogP contribution in [0, 0.1) is 74.8 Å². The van der Waals surface area contributed by atoms with E-state index in [0.717, 1.165) is 57.8 Å². The van der Waals surface area contributed by atoms with E-state index in [9.17, 15) is 36.3 Å². The number of nitrogens with zero attached hydrogens (tertiary/aromatic N) is 2. The Morgan fingerprint density at radius 1 is 0.631 bits per heavy atom. The van der Waals surface area contributed by atoms with E-state index < -0.39 is 11.6 Å². The molecule has 10 aromatic rings. The van der Waals surface area contributed by atoms with Crippen molar-refractivity contribution in [1.82, 2.24) is 4.98 Å². The first-order valence-corrected chi connectivity index (χ1v) is 36.9. The Balaban J connectivity index is 0.000000303. The number of benzene rings is 9. The first-order chi connectivity index (χ1) is 48.6. The van der Waals surface area contributed by atoms with Gasteiger partial charge >= 0.3 is 0 Å². The Morgan fingerprint density at radius 3 is 1.59 bits per heavy atom. The van der Waals surface area contributed by atoms with Gasteiger partial charge in [-0.2, -0.15) is 0 Å². The summed E-state index contributed by atoms with van der Waals surface area (Å²) in [5.41, 5.74) is 14.3. The first kappa shape index (κ1) is 90.3. The second-order valence-corrected chi connectivity index (χ2v) is 29.1. The highest BCUT2D eigenvalue weighted by atomic mass is 127. The molecule has 0 atom stereocenters. The van der Waals surface area contributed by atoms with Gasteiger partial charge in [0.05, 0.1) is 36.2 Å². The normalized spacial score (nSPS) is 10.9. The number of amides is 3. The van der Waals surface area contributed by atoms with Crippen LogP contribution >= 0.6 is 147 Å². The van der Waals surface area contributed by atoms with Gasteiger partial charge in [0.15, 0.2) is 0 Å². The van der Waals surface area contributed by atoms with Crippen molar-refractivity contribution in [2.75, 3.05) is 39.0 Å². The van der Waals surface area contributed by atoms with E-state index in [1.54, 1.807) is 67.4 Å². The second-order valence-electron chi connectivity index (χ2n) is 22.3. The van der Waals surface area contributed by atoms with Crippen molar-refractivity contribution in [3.63, 3.8) is 0 Å². The number of aromatic nitrogens is 1. The third-order valence-corrected chi connectivity index (χ3v) is 16.9. The van der Waals surface area contributed by atoms with Gasteiger partial charge in [-0.05, 0) is 267 Å². The fourth-order valence-corrected chi connectivity index (χ4v) is 10.6. The fourth-order valence-electron chi connectivity index (χ4n) is 7.86. The number of nitrogens with two attached hydrogens (primary N) is 1. The molecule has 0 saturated carbocycles. The summed E-state index contributed by atoms with van der Waals surface area (Å²) in [5, 5.41) is 8.63. The lowest BCUT2D eigenvalue weighted by Crippen LogP contribution is -2.58. The molecule has 11 rings (SSSR count). The van der Waals surface area contributed by atoms with Gasteiger partial charge in [0.1, 0.15) is 47.3 Å². The Kier molecular flexibility index (Phi) is 41.7. The average Bonchev–Trinajstić information content (AvgIpc) is 0.764. The average molecular weight is 1880 g/mol. The molecule has 1 fully saturated rings. The van der Waals surface area contributed by atoms with E-state index in [1.807, 2.05) is 113 Å². The molecule has 2 heterocycles. The zero-order valence-electron chi connectivity index (χ0n) is 56.8. The molecule has 0 spiro atoms. The number of rotatable bonds is 9. The summed E-state index contributed by atoms with van der Waals surface area (Å²) in [5.74, 6) is 1.01. The third kappa shape index (κ3) is 36.1. The van der Waals surface area contributed by atoms with Crippen LogP contribution in [0.2, 0.25) is 20.1 Å². The molecule has 5 N–H and O–H groups in total. The Morgan fingerprint density at radius 2 is 1.17 bits per heavy atom. The molecule has 10 nitrogen and oxygen atoms in total. The van der Waals surface area contributed by atoms with Crippen molar-refractivity contribution >= 4 is 198 Å². The highest BCUT2D eigenvalue weighted by Gasteiger charge is 2.44. The molecule has 0 radical (unpaired) electrons. The zero-order valence-corrected chi connectivity index (χ0v) is 68.9. The maximum Gasteiger partial charge on any atom is 0.239 e. The minimum absolute atomic E-state index is 0.00116. The van der Waals surface area contributed by atoms with Gasteiger partial charge in [0, 0.05) is 69.8 Å². The van der Waals surface area contributed by atoms with Crippen LogP contribution < -0.4 is 31.3 Å². The van der Waals surface area contributed by atoms with E-state index in [1.165, 1.54) is 71.6 Å². The Labute approximate surface area is 673 Å². The van der Waals surface area contributed by atoms with Gasteiger partial charge in [0.2, 0.25) is 17.7 Å². The number of carbonyl (C=O) groups is 3. The molecule has 1 aliphatic heterocycles. The summed E-state index contributed by atoms with van der Waals surface area (Å²) in [6, 6.07) is 57.5. The topological polar surface area (TPSA) is 139 Å². The molecule has 1 saturated heterocycles. The number of terminal acetylenes is 1. The van der Waals surface area contributed by atoms with Crippen LogP contribution in [0.25, 0.3) is 0 Å². The summed E-state index contributed by atoms with van der Waals surface area (Å²) in [4.78, 5) is 39.8. The van der Waals surface area contributed by atoms with Crippen LogP contribution in [0.1, 0.15) is 68.1 Å². The van der Waals surface area contributed by atoms with Crippen LogP contribution in [0.15, 0.2) is 215 Å². The van der Waals surface area contributed by atoms with E-state index in [0.29, 0.717) is 45.6 Å². The van der Waals surface area contributed by atoms with Crippen molar-refractivity contribution < 1.29 is 41.1 Å². The quantitative estimate of drug-likeness (QED) is 0.0213. The van der Waals surface area contributed by atoms with Crippen LogP contribution in [0.3, 0.4) is 0 Å². The molecule has 103 heavy (non-hydrogen) atoms. The van der Waals surface area contributed by atoms with Crippen molar-refractivity contribution in [1.29, 1.82) is 0 Å². The lowest BCUT2D eigenvalue weighted by atomic mass is 9.82. The molecule has 0 bridgehead atoms. The number of aryl methyl sites for hydroxylation is 4. The Hall–Kier alpha value is -6.89. The fraction of sp³-hybridized carbons (Fsp3) is 0.167. The molecular weight excluding hydrogens is 1800 g/mol. The summed E-state index contributed by atoms with van der Waals surface area (Å²) >= 11 is 43.4. The van der Waals surface area contributed by atoms with Crippen molar-refractivity contribution in [3.8, 4) is 18.1 Å².